The quantitative estimate of drug-likeness (QED) is 0.524. The van der Waals surface area contributed by atoms with Crippen molar-refractivity contribution < 1.29 is 32.5 Å². The molecule has 0 aliphatic heterocycles. The molecule has 0 unspecified atom stereocenters. The average molecular weight is 498 g/mol. The van der Waals surface area contributed by atoms with Gasteiger partial charge in [-0.1, -0.05) is 6.07 Å². The fourth-order valence-corrected chi connectivity index (χ4v) is 3.25. The minimum Gasteiger partial charge on any atom is -0.487 e. The lowest BCUT2D eigenvalue weighted by Crippen LogP contribution is -2.24. The first-order valence-corrected chi connectivity index (χ1v) is 9.60. The van der Waals surface area contributed by atoms with Crippen LogP contribution in [0.4, 0.5) is 13.2 Å². The van der Waals surface area contributed by atoms with Crippen LogP contribution in [0.3, 0.4) is 0 Å². The van der Waals surface area contributed by atoms with Gasteiger partial charge < -0.3 is 14.6 Å². The molecule has 1 N–H and O–H groups in total. The van der Waals surface area contributed by atoms with E-state index in [0.29, 0.717) is 5.56 Å². The third-order valence-electron chi connectivity index (χ3n) is 4.22. The van der Waals surface area contributed by atoms with Crippen LogP contribution in [0.5, 0.6) is 11.5 Å². The van der Waals surface area contributed by atoms with E-state index in [1.165, 1.54) is 25.1 Å². The van der Waals surface area contributed by atoms with E-state index in [1.54, 1.807) is 0 Å². The highest BCUT2D eigenvalue weighted by atomic mass is 79.9. The Kier molecular flexibility index (Phi) is 6.69. The lowest BCUT2D eigenvalue weighted by molar-refractivity contribution is -0.139. The van der Waals surface area contributed by atoms with Crippen LogP contribution in [0.25, 0.3) is 5.69 Å². The zero-order chi connectivity index (χ0) is 22.7. The molecule has 1 heterocycles. The highest BCUT2D eigenvalue weighted by Crippen LogP contribution is 2.28. The van der Waals surface area contributed by atoms with Crippen LogP contribution in [0.15, 0.2) is 51.7 Å². The van der Waals surface area contributed by atoms with E-state index in [0.717, 1.165) is 28.8 Å². The number of halogens is 4. The van der Waals surface area contributed by atoms with Gasteiger partial charge in [-0.05, 0) is 47.1 Å². The number of aryl methyl sites for hydroxylation is 1. The Morgan fingerprint density at radius 2 is 1.74 bits per heavy atom. The van der Waals surface area contributed by atoms with E-state index in [-0.39, 0.29) is 28.3 Å². The fraction of sp³-hybridized carbons (Fsp3) is 0.143. The number of hydrogen-bond acceptors (Lipinski definition) is 4. The Balaban J connectivity index is 1.93. The second-order valence-electron chi connectivity index (χ2n) is 6.40. The van der Waals surface area contributed by atoms with Crippen molar-refractivity contribution in [3.05, 3.63) is 86.0 Å². The number of aromatic nitrogens is 1. The standard InChI is InChI=1S/C21H15BrF3NO5/c1-11-7-17(19(22)21(29)26(11)20-14(24)3-2-4-15(20)25)30-9-12-5-6-13(23)8-16(12)31-10-18(27)28/h2-8H,9-10H2,1H3,(H,27,28). The lowest BCUT2D eigenvalue weighted by atomic mass is 10.2. The Hall–Kier alpha value is -3.27. The largest absolute Gasteiger partial charge is 0.487 e. The van der Waals surface area contributed by atoms with Gasteiger partial charge in [0.25, 0.3) is 5.56 Å². The molecule has 0 radical (unpaired) electrons. The van der Waals surface area contributed by atoms with Crippen LogP contribution in [0.2, 0.25) is 0 Å². The number of carbonyl (C=O) groups is 1. The van der Waals surface area contributed by atoms with Gasteiger partial charge in [0.15, 0.2) is 6.61 Å². The molecular formula is C21H15BrF3NO5. The summed E-state index contributed by atoms with van der Waals surface area (Å²) < 4.78 is 53.3. The van der Waals surface area contributed by atoms with Crippen molar-refractivity contribution in [1.29, 1.82) is 0 Å². The zero-order valence-corrected chi connectivity index (χ0v) is 17.6. The number of nitrogens with zero attached hydrogens (tertiary/aromatic N) is 1. The summed E-state index contributed by atoms with van der Waals surface area (Å²) in [6.45, 7) is 0.611. The zero-order valence-electron chi connectivity index (χ0n) is 16.0. The average Bonchev–Trinajstić information content (AvgIpc) is 2.71. The summed E-state index contributed by atoms with van der Waals surface area (Å²) in [5.41, 5.74) is -0.731. The molecule has 0 atom stereocenters. The maximum absolute atomic E-state index is 14.2. The highest BCUT2D eigenvalue weighted by Gasteiger charge is 2.19. The van der Waals surface area contributed by atoms with E-state index >= 15 is 0 Å². The molecule has 3 rings (SSSR count). The molecule has 0 amide bonds. The van der Waals surface area contributed by atoms with Crippen molar-refractivity contribution in [2.45, 2.75) is 13.5 Å². The molecule has 0 spiro atoms. The molecule has 0 aliphatic carbocycles. The predicted molar refractivity (Wildman–Crippen MR) is 108 cm³/mol. The number of benzene rings is 2. The van der Waals surface area contributed by atoms with E-state index in [4.69, 9.17) is 14.6 Å². The van der Waals surface area contributed by atoms with Crippen LogP contribution in [0.1, 0.15) is 11.3 Å². The predicted octanol–water partition coefficient (Wildman–Crippen LogP) is 4.37. The van der Waals surface area contributed by atoms with Gasteiger partial charge in [-0.25, -0.2) is 18.0 Å². The summed E-state index contributed by atoms with van der Waals surface area (Å²) in [7, 11) is 0. The Morgan fingerprint density at radius 1 is 1.06 bits per heavy atom. The van der Waals surface area contributed by atoms with Crippen molar-refractivity contribution >= 4 is 21.9 Å². The summed E-state index contributed by atoms with van der Waals surface area (Å²) in [5.74, 6) is -3.63. The maximum atomic E-state index is 14.2. The van der Waals surface area contributed by atoms with Crippen LogP contribution in [-0.4, -0.2) is 22.2 Å². The van der Waals surface area contributed by atoms with Gasteiger partial charge in [0.1, 0.15) is 45.7 Å². The van der Waals surface area contributed by atoms with Gasteiger partial charge in [-0.15, -0.1) is 0 Å². The summed E-state index contributed by atoms with van der Waals surface area (Å²) >= 11 is 3.09. The van der Waals surface area contributed by atoms with Crippen LogP contribution in [-0.2, 0) is 11.4 Å². The SMILES string of the molecule is Cc1cc(OCc2ccc(F)cc2OCC(=O)O)c(Br)c(=O)n1-c1c(F)cccc1F. The van der Waals surface area contributed by atoms with Crippen molar-refractivity contribution in [3.63, 3.8) is 0 Å². The molecule has 10 heteroatoms. The number of pyridine rings is 1. The number of carboxylic acid groups (broad SMARTS) is 1. The van der Waals surface area contributed by atoms with Crippen LogP contribution < -0.4 is 15.0 Å². The second-order valence-corrected chi connectivity index (χ2v) is 7.19. The summed E-state index contributed by atoms with van der Waals surface area (Å²) in [6.07, 6.45) is 0. The molecule has 31 heavy (non-hydrogen) atoms. The number of hydrogen-bond donors (Lipinski definition) is 1. The molecule has 162 valence electrons. The van der Waals surface area contributed by atoms with Crippen molar-refractivity contribution in [1.82, 2.24) is 4.57 Å². The molecule has 2 aromatic carbocycles. The Bertz CT molecular complexity index is 1190. The highest BCUT2D eigenvalue weighted by molar-refractivity contribution is 9.10. The van der Waals surface area contributed by atoms with E-state index in [9.17, 15) is 22.8 Å². The van der Waals surface area contributed by atoms with Crippen molar-refractivity contribution in [3.8, 4) is 17.2 Å². The molecular weight excluding hydrogens is 483 g/mol. The van der Waals surface area contributed by atoms with Gasteiger partial charge in [0.2, 0.25) is 0 Å². The minimum absolute atomic E-state index is 0.0305. The second kappa shape index (κ2) is 9.25. The molecule has 3 aromatic rings. The van der Waals surface area contributed by atoms with Gasteiger partial charge in [-0.3, -0.25) is 9.36 Å². The Morgan fingerprint density at radius 3 is 2.39 bits per heavy atom. The Labute approximate surface area is 182 Å². The lowest BCUT2D eigenvalue weighted by Gasteiger charge is -2.16. The molecule has 0 fully saturated rings. The number of ether oxygens (including phenoxy) is 2. The number of aliphatic carboxylic acids is 1. The van der Waals surface area contributed by atoms with Crippen LogP contribution in [0, 0.1) is 24.4 Å². The summed E-state index contributed by atoms with van der Waals surface area (Å²) in [4.78, 5) is 23.5. The number of carboxylic acids is 1. The molecule has 0 bridgehead atoms. The fourth-order valence-electron chi connectivity index (χ4n) is 2.84. The van der Waals surface area contributed by atoms with Gasteiger partial charge in [0.05, 0.1) is 0 Å². The summed E-state index contributed by atoms with van der Waals surface area (Å²) in [5, 5.41) is 8.75. The number of para-hydroxylation sites is 1. The van der Waals surface area contributed by atoms with Gasteiger partial charge in [0, 0.05) is 23.4 Å². The molecule has 1 aromatic heterocycles. The normalized spacial score (nSPS) is 10.7. The first-order chi connectivity index (χ1) is 14.7. The molecule has 0 aliphatic rings. The smallest absolute Gasteiger partial charge is 0.341 e. The number of rotatable bonds is 7. The van der Waals surface area contributed by atoms with Gasteiger partial charge in [-0.2, -0.15) is 0 Å². The minimum atomic E-state index is -1.24. The van der Waals surface area contributed by atoms with Crippen molar-refractivity contribution in [2.75, 3.05) is 6.61 Å². The molecule has 0 saturated heterocycles. The monoisotopic (exact) mass is 497 g/mol. The van der Waals surface area contributed by atoms with E-state index in [2.05, 4.69) is 15.9 Å². The summed E-state index contributed by atoms with van der Waals surface area (Å²) in [6, 6.07) is 8.17. The maximum Gasteiger partial charge on any atom is 0.341 e. The first kappa shape index (κ1) is 22.4. The van der Waals surface area contributed by atoms with Gasteiger partial charge >= 0.3 is 5.97 Å². The molecule has 0 saturated carbocycles. The third-order valence-corrected chi connectivity index (χ3v) is 4.95. The topological polar surface area (TPSA) is 77.8 Å². The van der Waals surface area contributed by atoms with E-state index in [1.807, 2.05) is 0 Å². The van der Waals surface area contributed by atoms with Crippen molar-refractivity contribution in [2.24, 2.45) is 0 Å². The molecule has 6 nitrogen and oxygen atoms in total. The third kappa shape index (κ3) is 4.91. The van der Waals surface area contributed by atoms with Crippen LogP contribution >= 0.6 is 15.9 Å². The first-order valence-electron chi connectivity index (χ1n) is 8.81. The van der Waals surface area contributed by atoms with E-state index < -0.39 is 41.3 Å².